The molecule has 8 heteroatoms. The third-order valence-corrected chi connectivity index (χ3v) is 4.17. The van der Waals surface area contributed by atoms with Crippen molar-refractivity contribution in [1.82, 2.24) is 14.9 Å². The fourth-order valence-corrected chi connectivity index (χ4v) is 2.87. The minimum atomic E-state index is -0.524. The second-order valence-electron chi connectivity index (χ2n) is 5.88. The van der Waals surface area contributed by atoms with Gasteiger partial charge in [0, 0.05) is 12.6 Å². The lowest BCUT2D eigenvalue weighted by Crippen LogP contribution is -2.44. The second-order valence-corrected chi connectivity index (χ2v) is 5.88. The van der Waals surface area contributed by atoms with Gasteiger partial charge in [0.25, 0.3) is 5.91 Å². The predicted octanol–water partition coefficient (Wildman–Crippen LogP) is 2.32. The van der Waals surface area contributed by atoms with Gasteiger partial charge in [-0.05, 0) is 25.0 Å². The van der Waals surface area contributed by atoms with E-state index in [2.05, 4.69) is 9.97 Å². The van der Waals surface area contributed by atoms with Crippen molar-refractivity contribution in [3.05, 3.63) is 42.0 Å². The Labute approximate surface area is 150 Å². The number of ether oxygens (including phenoxy) is 3. The molecule has 1 fully saturated rings. The van der Waals surface area contributed by atoms with Crippen LogP contribution >= 0.6 is 0 Å². The van der Waals surface area contributed by atoms with Crippen LogP contribution in [0.15, 0.2) is 30.6 Å². The van der Waals surface area contributed by atoms with Crippen LogP contribution in [-0.2, 0) is 0 Å². The van der Waals surface area contributed by atoms with E-state index in [-0.39, 0.29) is 18.0 Å². The highest BCUT2D eigenvalue weighted by Crippen LogP contribution is 2.27. The van der Waals surface area contributed by atoms with E-state index in [4.69, 9.17) is 14.2 Å². The number of benzene rings is 1. The van der Waals surface area contributed by atoms with E-state index in [1.54, 1.807) is 30.2 Å². The Morgan fingerprint density at radius 3 is 2.69 bits per heavy atom. The summed E-state index contributed by atoms with van der Waals surface area (Å²) in [6, 6.07) is 5.19. The standard InChI is InChI=1S/C18H20FN3O4/c1-24-13-5-6-15(16(8-13)25-2)17(23)22-7-3-4-14(11-22)26-18-20-9-12(19)10-21-18/h5-6,8-10,14H,3-4,7,11H2,1-2H3. The highest BCUT2D eigenvalue weighted by Gasteiger charge is 2.28. The van der Waals surface area contributed by atoms with Crippen LogP contribution in [0, 0.1) is 5.82 Å². The van der Waals surface area contributed by atoms with Crippen molar-refractivity contribution in [2.75, 3.05) is 27.3 Å². The topological polar surface area (TPSA) is 73.8 Å². The van der Waals surface area contributed by atoms with Crippen molar-refractivity contribution in [3.63, 3.8) is 0 Å². The molecule has 0 radical (unpaired) electrons. The molecule has 1 aliphatic heterocycles. The van der Waals surface area contributed by atoms with Crippen LogP contribution in [0.5, 0.6) is 17.5 Å². The maximum atomic E-state index is 12.9. The maximum Gasteiger partial charge on any atom is 0.316 e. The first-order chi connectivity index (χ1) is 12.6. The molecule has 2 aromatic rings. The van der Waals surface area contributed by atoms with E-state index in [1.807, 2.05) is 0 Å². The molecule has 0 spiro atoms. The lowest BCUT2D eigenvalue weighted by atomic mass is 10.1. The van der Waals surface area contributed by atoms with Crippen LogP contribution in [0.4, 0.5) is 4.39 Å². The molecule has 0 N–H and O–H groups in total. The Hall–Kier alpha value is -2.90. The number of hydrogen-bond donors (Lipinski definition) is 0. The van der Waals surface area contributed by atoms with Crippen molar-refractivity contribution in [3.8, 4) is 17.5 Å². The second kappa shape index (κ2) is 7.99. The summed E-state index contributed by atoms with van der Waals surface area (Å²) in [5, 5.41) is 0. The Bertz CT molecular complexity index is 770. The molecule has 26 heavy (non-hydrogen) atoms. The fourth-order valence-electron chi connectivity index (χ4n) is 2.87. The van der Waals surface area contributed by atoms with E-state index in [1.165, 1.54) is 7.11 Å². The molecule has 7 nitrogen and oxygen atoms in total. The number of carbonyl (C=O) groups is 1. The molecular weight excluding hydrogens is 341 g/mol. The number of methoxy groups -OCH3 is 2. The summed E-state index contributed by atoms with van der Waals surface area (Å²) >= 11 is 0. The first-order valence-corrected chi connectivity index (χ1v) is 8.26. The van der Waals surface area contributed by atoms with Crippen LogP contribution in [0.2, 0.25) is 0 Å². The minimum Gasteiger partial charge on any atom is -0.497 e. The van der Waals surface area contributed by atoms with Crippen molar-refractivity contribution in [2.24, 2.45) is 0 Å². The Morgan fingerprint density at radius 1 is 1.23 bits per heavy atom. The Morgan fingerprint density at radius 2 is 2.00 bits per heavy atom. The third-order valence-electron chi connectivity index (χ3n) is 4.17. The fraction of sp³-hybridized carbons (Fsp3) is 0.389. The monoisotopic (exact) mass is 361 g/mol. The van der Waals surface area contributed by atoms with Gasteiger partial charge in [0.1, 0.15) is 17.6 Å². The lowest BCUT2D eigenvalue weighted by Gasteiger charge is -2.32. The average Bonchev–Trinajstić information content (AvgIpc) is 2.69. The van der Waals surface area contributed by atoms with Crippen molar-refractivity contribution >= 4 is 5.91 Å². The average molecular weight is 361 g/mol. The summed E-state index contributed by atoms with van der Waals surface area (Å²) in [5.41, 5.74) is 0.465. The van der Waals surface area contributed by atoms with Crippen molar-refractivity contribution in [1.29, 1.82) is 0 Å². The zero-order valence-electron chi connectivity index (χ0n) is 14.6. The Balaban J connectivity index is 1.70. The number of aromatic nitrogens is 2. The first kappa shape index (κ1) is 17.9. The van der Waals surface area contributed by atoms with Crippen LogP contribution in [0.3, 0.4) is 0 Å². The molecule has 1 saturated heterocycles. The summed E-state index contributed by atoms with van der Waals surface area (Å²) in [6.45, 7) is 1.02. The number of halogens is 1. The number of piperidine rings is 1. The molecule has 0 bridgehead atoms. The molecule has 1 aromatic carbocycles. The number of amides is 1. The number of likely N-dealkylation sites (tertiary alicyclic amines) is 1. The quantitative estimate of drug-likeness (QED) is 0.814. The molecule has 1 aliphatic rings. The van der Waals surface area contributed by atoms with Crippen LogP contribution in [0.25, 0.3) is 0 Å². The van der Waals surface area contributed by atoms with Gasteiger partial charge in [-0.25, -0.2) is 14.4 Å². The SMILES string of the molecule is COc1ccc(C(=O)N2CCCC(Oc3ncc(F)cn3)C2)c(OC)c1. The van der Waals surface area contributed by atoms with Gasteiger partial charge >= 0.3 is 6.01 Å². The summed E-state index contributed by atoms with van der Waals surface area (Å²) in [6.07, 6.45) is 3.41. The van der Waals surface area contributed by atoms with E-state index in [9.17, 15) is 9.18 Å². The summed E-state index contributed by atoms with van der Waals surface area (Å²) in [7, 11) is 3.07. The van der Waals surface area contributed by atoms with Gasteiger partial charge in [-0.1, -0.05) is 0 Å². The van der Waals surface area contributed by atoms with E-state index >= 15 is 0 Å². The van der Waals surface area contributed by atoms with Crippen LogP contribution < -0.4 is 14.2 Å². The van der Waals surface area contributed by atoms with Gasteiger partial charge in [0.05, 0.1) is 38.7 Å². The number of nitrogens with zero attached hydrogens (tertiary/aromatic N) is 3. The molecule has 3 rings (SSSR count). The predicted molar refractivity (Wildman–Crippen MR) is 91.1 cm³/mol. The summed E-state index contributed by atoms with van der Waals surface area (Å²) in [4.78, 5) is 22.2. The number of rotatable bonds is 5. The molecule has 1 atom stereocenters. The van der Waals surface area contributed by atoms with E-state index in [0.29, 0.717) is 30.2 Å². The summed E-state index contributed by atoms with van der Waals surface area (Å²) < 4.78 is 29.1. The van der Waals surface area contributed by atoms with Gasteiger partial charge in [-0.15, -0.1) is 0 Å². The molecule has 1 amide bonds. The maximum absolute atomic E-state index is 12.9. The molecule has 0 saturated carbocycles. The zero-order chi connectivity index (χ0) is 18.5. The molecule has 0 aliphatic carbocycles. The molecular formula is C18H20FN3O4. The molecule has 2 heterocycles. The number of carbonyl (C=O) groups excluding carboxylic acids is 1. The number of hydrogen-bond acceptors (Lipinski definition) is 6. The van der Waals surface area contributed by atoms with Crippen LogP contribution in [-0.4, -0.2) is 54.2 Å². The smallest absolute Gasteiger partial charge is 0.316 e. The third kappa shape index (κ3) is 4.01. The van der Waals surface area contributed by atoms with Crippen LogP contribution in [0.1, 0.15) is 23.2 Å². The molecule has 1 unspecified atom stereocenters. The zero-order valence-corrected chi connectivity index (χ0v) is 14.6. The first-order valence-electron chi connectivity index (χ1n) is 8.26. The van der Waals surface area contributed by atoms with Gasteiger partial charge in [0.15, 0.2) is 5.82 Å². The summed E-state index contributed by atoms with van der Waals surface area (Å²) in [5.74, 6) is 0.410. The van der Waals surface area contributed by atoms with Gasteiger partial charge in [0.2, 0.25) is 0 Å². The van der Waals surface area contributed by atoms with E-state index < -0.39 is 5.82 Å². The normalized spacial score (nSPS) is 16.9. The van der Waals surface area contributed by atoms with Gasteiger partial charge in [-0.2, -0.15) is 0 Å². The van der Waals surface area contributed by atoms with Gasteiger partial charge in [-0.3, -0.25) is 4.79 Å². The van der Waals surface area contributed by atoms with Crippen molar-refractivity contribution in [2.45, 2.75) is 18.9 Å². The highest BCUT2D eigenvalue weighted by atomic mass is 19.1. The lowest BCUT2D eigenvalue weighted by molar-refractivity contribution is 0.0512. The Kier molecular flexibility index (Phi) is 5.50. The van der Waals surface area contributed by atoms with Crippen molar-refractivity contribution < 1.29 is 23.4 Å². The minimum absolute atomic E-state index is 0.104. The van der Waals surface area contributed by atoms with E-state index in [0.717, 1.165) is 25.2 Å². The molecule has 138 valence electrons. The molecule has 1 aromatic heterocycles. The largest absolute Gasteiger partial charge is 0.497 e. The highest BCUT2D eigenvalue weighted by molar-refractivity contribution is 5.97. The van der Waals surface area contributed by atoms with Gasteiger partial charge < -0.3 is 19.1 Å².